The second-order valence-electron chi connectivity index (χ2n) is 10.2. The van der Waals surface area contributed by atoms with Gasteiger partial charge in [-0.25, -0.2) is 8.42 Å². The van der Waals surface area contributed by atoms with Gasteiger partial charge >= 0.3 is 0 Å². The molecule has 4 rings (SSSR count). The van der Waals surface area contributed by atoms with Gasteiger partial charge in [0.2, 0.25) is 21.8 Å². The van der Waals surface area contributed by atoms with Crippen molar-refractivity contribution in [2.75, 3.05) is 17.1 Å². The number of nitrogens with zero attached hydrogens (tertiary/aromatic N) is 2. The van der Waals surface area contributed by atoms with E-state index in [0.29, 0.717) is 12.1 Å². The van der Waals surface area contributed by atoms with E-state index < -0.39 is 28.5 Å². The number of rotatable bonds is 11. The molecule has 3 aromatic rings. The van der Waals surface area contributed by atoms with Crippen LogP contribution in [0.25, 0.3) is 0 Å². The first-order valence-electron chi connectivity index (χ1n) is 13.5. The van der Waals surface area contributed by atoms with Crippen LogP contribution in [0.4, 0.5) is 5.69 Å². The van der Waals surface area contributed by atoms with Gasteiger partial charge in [0.05, 0.1) is 11.9 Å². The standard InChI is InChI=1S/C31H37N3O4S/c1-39(37,38)34(28-20-12-5-13-21-28)24-30(35)33(23-26-16-8-3-9-17-26)29(22-25-14-6-2-7-15-25)31(36)32-27-18-10-4-11-19-27/h2-3,5-9,12-17,20-21,27,29H,4,10-11,18-19,22-24H2,1H3,(H,32,36)/t29-/m1/s1. The summed E-state index contributed by atoms with van der Waals surface area (Å²) in [4.78, 5) is 29.5. The Kier molecular flexibility index (Phi) is 9.76. The third kappa shape index (κ3) is 8.17. The number of benzene rings is 3. The molecule has 0 aromatic heterocycles. The Bertz CT molecular complexity index is 1310. The molecule has 1 fully saturated rings. The number of nitrogens with one attached hydrogen (secondary N) is 1. The second-order valence-corrected chi connectivity index (χ2v) is 12.1. The van der Waals surface area contributed by atoms with E-state index >= 15 is 0 Å². The Morgan fingerprint density at radius 1 is 0.821 bits per heavy atom. The number of carbonyl (C=O) groups is 2. The topological polar surface area (TPSA) is 86.8 Å². The van der Waals surface area contributed by atoms with Crippen LogP contribution in [0.15, 0.2) is 91.0 Å². The lowest BCUT2D eigenvalue weighted by molar-refractivity contribution is -0.140. The summed E-state index contributed by atoms with van der Waals surface area (Å²) in [5.74, 6) is -0.645. The van der Waals surface area contributed by atoms with Crippen LogP contribution in [0.2, 0.25) is 0 Å². The van der Waals surface area contributed by atoms with Gasteiger partial charge in [0.25, 0.3) is 0 Å². The Balaban J connectivity index is 1.69. The van der Waals surface area contributed by atoms with E-state index in [1.807, 2.05) is 60.7 Å². The Hall–Kier alpha value is -3.65. The third-order valence-corrected chi connectivity index (χ3v) is 8.28. The zero-order chi connectivity index (χ0) is 27.7. The van der Waals surface area contributed by atoms with Crippen LogP contribution in [0, 0.1) is 0 Å². The first kappa shape index (κ1) is 28.4. The molecule has 1 N–H and O–H groups in total. The van der Waals surface area contributed by atoms with Crippen molar-refractivity contribution >= 4 is 27.5 Å². The van der Waals surface area contributed by atoms with Crippen LogP contribution in [0.1, 0.15) is 43.2 Å². The summed E-state index contributed by atoms with van der Waals surface area (Å²) in [6, 6.07) is 27.0. The summed E-state index contributed by atoms with van der Waals surface area (Å²) in [5.41, 5.74) is 2.19. The van der Waals surface area contributed by atoms with Crippen LogP contribution >= 0.6 is 0 Å². The van der Waals surface area contributed by atoms with Gasteiger partial charge in [0, 0.05) is 19.0 Å². The molecule has 1 saturated carbocycles. The monoisotopic (exact) mass is 547 g/mol. The van der Waals surface area contributed by atoms with Gasteiger partial charge in [0.15, 0.2) is 0 Å². The number of hydrogen-bond donors (Lipinski definition) is 1. The van der Waals surface area contributed by atoms with E-state index in [1.54, 1.807) is 35.2 Å². The van der Waals surface area contributed by atoms with Gasteiger partial charge < -0.3 is 10.2 Å². The fourth-order valence-electron chi connectivity index (χ4n) is 5.09. The number of carbonyl (C=O) groups excluding carboxylic acids is 2. The van der Waals surface area contributed by atoms with Crippen LogP contribution in [-0.2, 0) is 32.6 Å². The molecule has 1 aliphatic rings. The molecule has 1 aliphatic carbocycles. The van der Waals surface area contributed by atoms with E-state index in [2.05, 4.69) is 5.32 Å². The fourth-order valence-corrected chi connectivity index (χ4v) is 5.94. The highest BCUT2D eigenvalue weighted by molar-refractivity contribution is 7.92. The molecule has 0 bridgehead atoms. The molecule has 7 nitrogen and oxygen atoms in total. The first-order chi connectivity index (χ1) is 18.8. The zero-order valence-corrected chi connectivity index (χ0v) is 23.2. The van der Waals surface area contributed by atoms with E-state index in [-0.39, 0.29) is 18.5 Å². The normalized spacial score (nSPS) is 14.8. The number of sulfonamides is 1. The van der Waals surface area contributed by atoms with Crippen molar-refractivity contribution in [1.82, 2.24) is 10.2 Å². The van der Waals surface area contributed by atoms with Crippen molar-refractivity contribution < 1.29 is 18.0 Å². The van der Waals surface area contributed by atoms with Crippen LogP contribution in [0.5, 0.6) is 0 Å². The van der Waals surface area contributed by atoms with Gasteiger partial charge in [-0.3, -0.25) is 13.9 Å². The van der Waals surface area contributed by atoms with Crippen molar-refractivity contribution in [3.8, 4) is 0 Å². The van der Waals surface area contributed by atoms with E-state index in [9.17, 15) is 18.0 Å². The highest BCUT2D eigenvalue weighted by Gasteiger charge is 2.34. The van der Waals surface area contributed by atoms with Crippen molar-refractivity contribution in [1.29, 1.82) is 0 Å². The van der Waals surface area contributed by atoms with Gasteiger partial charge in [-0.1, -0.05) is 98.1 Å². The minimum Gasteiger partial charge on any atom is -0.352 e. The van der Waals surface area contributed by atoms with Gasteiger partial charge in [-0.15, -0.1) is 0 Å². The average molecular weight is 548 g/mol. The molecule has 39 heavy (non-hydrogen) atoms. The van der Waals surface area contributed by atoms with E-state index in [0.717, 1.165) is 47.4 Å². The van der Waals surface area contributed by atoms with Crippen LogP contribution in [0.3, 0.4) is 0 Å². The molecule has 0 unspecified atom stereocenters. The van der Waals surface area contributed by atoms with Gasteiger partial charge in [-0.05, 0) is 36.1 Å². The van der Waals surface area contributed by atoms with Gasteiger partial charge in [0.1, 0.15) is 12.6 Å². The molecule has 3 aromatic carbocycles. The van der Waals surface area contributed by atoms with Gasteiger partial charge in [-0.2, -0.15) is 0 Å². The molecule has 2 amide bonds. The molecule has 8 heteroatoms. The van der Waals surface area contributed by atoms with Crippen molar-refractivity contribution in [2.24, 2.45) is 0 Å². The Morgan fingerprint density at radius 3 is 1.92 bits per heavy atom. The molecular weight excluding hydrogens is 510 g/mol. The summed E-state index contributed by atoms with van der Waals surface area (Å²) in [7, 11) is -3.76. The van der Waals surface area contributed by atoms with Crippen LogP contribution < -0.4 is 9.62 Å². The summed E-state index contributed by atoms with van der Waals surface area (Å²) < 4.78 is 26.7. The molecule has 206 valence electrons. The summed E-state index contributed by atoms with van der Waals surface area (Å²) in [6.07, 6.45) is 6.56. The lowest BCUT2D eigenvalue weighted by atomic mass is 9.94. The minimum atomic E-state index is -3.76. The first-order valence-corrected chi connectivity index (χ1v) is 15.4. The maximum atomic E-state index is 14.0. The third-order valence-electron chi connectivity index (χ3n) is 7.14. The molecule has 0 aliphatic heterocycles. The predicted molar refractivity (Wildman–Crippen MR) is 155 cm³/mol. The van der Waals surface area contributed by atoms with E-state index in [4.69, 9.17) is 0 Å². The van der Waals surface area contributed by atoms with Crippen LogP contribution in [-0.4, -0.2) is 50.0 Å². The largest absolute Gasteiger partial charge is 0.352 e. The lowest BCUT2D eigenvalue weighted by Crippen LogP contribution is -2.55. The molecule has 0 radical (unpaired) electrons. The molecule has 0 spiro atoms. The summed E-state index contributed by atoms with van der Waals surface area (Å²) in [6.45, 7) is -0.223. The lowest BCUT2D eigenvalue weighted by Gasteiger charge is -2.35. The highest BCUT2D eigenvalue weighted by Crippen LogP contribution is 2.22. The average Bonchev–Trinajstić information content (AvgIpc) is 2.95. The number of amides is 2. The van der Waals surface area contributed by atoms with Crippen molar-refractivity contribution in [3.05, 3.63) is 102 Å². The molecule has 1 atom stereocenters. The maximum absolute atomic E-state index is 14.0. The number of anilines is 1. The fraction of sp³-hybridized carbons (Fsp3) is 0.355. The Labute approximate surface area is 231 Å². The molecule has 0 heterocycles. The molecule has 0 saturated heterocycles. The second kappa shape index (κ2) is 13.4. The number of para-hydroxylation sites is 1. The quantitative estimate of drug-likeness (QED) is 0.382. The number of hydrogen-bond acceptors (Lipinski definition) is 4. The van der Waals surface area contributed by atoms with Crippen molar-refractivity contribution in [3.63, 3.8) is 0 Å². The molecular formula is C31H37N3O4S. The maximum Gasteiger partial charge on any atom is 0.244 e. The minimum absolute atomic E-state index is 0.0787. The van der Waals surface area contributed by atoms with Crippen molar-refractivity contribution in [2.45, 2.75) is 57.2 Å². The highest BCUT2D eigenvalue weighted by atomic mass is 32.2. The van der Waals surface area contributed by atoms with E-state index in [1.165, 1.54) is 6.42 Å². The smallest absolute Gasteiger partial charge is 0.244 e. The Morgan fingerprint density at radius 2 is 1.36 bits per heavy atom. The predicted octanol–water partition coefficient (Wildman–Crippen LogP) is 4.54. The zero-order valence-electron chi connectivity index (χ0n) is 22.4. The summed E-state index contributed by atoms with van der Waals surface area (Å²) in [5, 5.41) is 3.21. The SMILES string of the molecule is CS(=O)(=O)N(CC(=O)N(Cc1ccccc1)[C@H](Cc1ccccc1)C(=O)NC1CCCCC1)c1ccccc1. The summed E-state index contributed by atoms with van der Waals surface area (Å²) >= 11 is 0.